The molecule has 0 aliphatic rings. The number of methoxy groups -OCH3 is 2. The van der Waals surface area contributed by atoms with E-state index in [0.717, 1.165) is 11.1 Å². The van der Waals surface area contributed by atoms with Gasteiger partial charge in [0, 0.05) is 37.3 Å². The van der Waals surface area contributed by atoms with E-state index in [9.17, 15) is 10.1 Å². The molecule has 7 heteroatoms. The summed E-state index contributed by atoms with van der Waals surface area (Å²) in [5.41, 5.74) is 2.39. The van der Waals surface area contributed by atoms with E-state index in [0.29, 0.717) is 10.7 Å². The summed E-state index contributed by atoms with van der Waals surface area (Å²) in [7, 11) is 3.07. The smallest absolute Gasteiger partial charge is 0.270 e. The fourth-order valence-electron chi connectivity index (χ4n) is 1.81. The number of aryl methyl sites for hydroxylation is 1. The van der Waals surface area contributed by atoms with E-state index in [4.69, 9.17) is 9.47 Å². The van der Waals surface area contributed by atoms with Gasteiger partial charge >= 0.3 is 0 Å². The molecule has 20 heavy (non-hydrogen) atoms. The SMILES string of the molecule is COC(OC)c1csc(-c2cc([N+](=O)[O-])ccc2C)n1. The highest BCUT2D eigenvalue weighted by Crippen LogP contribution is 2.32. The summed E-state index contributed by atoms with van der Waals surface area (Å²) in [6.07, 6.45) is -0.529. The standard InChI is InChI=1S/C13H14N2O4S/c1-8-4-5-9(15(16)17)6-10(8)12-14-11(7-20-12)13(18-2)19-3/h4-7,13H,1-3H3. The van der Waals surface area contributed by atoms with Crippen LogP contribution in [0.1, 0.15) is 17.5 Å². The molecule has 1 heterocycles. The van der Waals surface area contributed by atoms with Crippen LogP contribution in [-0.4, -0.2) is 24.1 Å². The summed E-state index contributed by atoms with van der Waals surface area (Å²) >= 11 is 1.40. The van der Waals surface area contributed by atoms with Crippen molar-refractivity contribution in [3.05, 3.63) is 45.0 Å². The van der Waals surface area contributed by atoms with Gasteiger partial charge in [-0.05, 0) is 12.5 Å². The number of ether oxygens (including phenoxy) is 2. The Morgan fingerprint density at radius 2 is 2.05 bits per heavy atom. The zero-order valence-corrected chi connectivity index (χ0v) is 12.1. The number of non-ortho nitro benzene ring substituents is 1. The summed E-state index contributed by atoms with van der Waals surface area (Å²) in [5, 5.41) is 13.4. The van der Waals surface area contributed by atoms with Crippen molar-refractivity contribution in [1.82, 2.24) is 4.98 Å². The van der Waals surface area contributed by atoms with Gasteiger partial charge in [-0.25, -0.2) is 4.98 Å². The van der Waals surface area contributed by atoms with Crippen molar-refractivity contribution in [3.8, 4) is 10.6 Å². The Morgan fingerprint density at radius 3 is 2.65 bits per heavy atom. The van der Waals surface area contributed by atoms with Gasteiger partial charge in [0.15, 0.2) is 0 Å². The molecule has 1 aromatic carbocycles. The second-order valence-electron chi connectivity index (χ2n) is 4.14. The van der Waals surface area contributed by atoms with Gasteiger partial charge < -0.3 is 9.47 Å². The van der Waals surface area contributed by atoms with Crippen molar-refractivity contribution in [3.63, 3.8) is 0 Å². The molecular weight excluding hydrogens is 280 g/mol. The maximum Gasteiger partial charge on any atom is 0.270 e. The molecule has 0 saturated carbocycles. The molecule has 0 bridgehead atoms. The van der Waals surface area contributed by atoms with Crippen LogP contribution in [0, 0.1) is 17.0 Å². The molecule has 2 rings (SSSR count). The van der Waals surface area contributed by atoms with Crippen LogP contribution in [0.5, 0.6) is 0 Å². The molecule has 0 aliphatic carbocycles. The molecular formula is C13H14N2O4S. The second-order valence-corrected chi connectivity index (χ2v) is 5.00. The van der Waals surface area contributed by atoms with Crippen LogP contribution in [0.2, 0.25) is 0 Å². The molecule has 0 saturated heterocycles. The lowest BCUT2D eigenvalue weighted by Gasteiger charge is -2.09. The maximum atomic E-state index is 10.9. The molecule has 0 aliphatic heterocycles. The Kier molecular flexibility index (Phi) is 4.43. The normalized spacial score (nSPS) is 11.0. The van der Waals surface area contributed by atoms with Crippen LogP contribution >= 0.6 is 11.3 Å². The number of hydrogen-bond acceptors (Lipinski definition) is 6. The zero-order valence-electron chi connectivity index (χ0n) is 11.3. The quantitative estimate of drug-likeness (QED) is 0.480. The number of benzene rings is 1. The fraction of sp³-hybridized carbons (Fsp3) is 0.308. The predicted octanol–water partition coefficient (Wildman–Crippen LogP) is 3.32. The number of rotatable bonds is 5. The first-order valence-electron chi connectivity index (χ1n) is 5.83. The van der Waals surface area contributed by atoms with E-state index in [-0.39, 0.29) is 5.69 Å². The van der Waals surface area contributed by atoms with E-state index >= 15 is 0 Å². The Morgan fingerprint density at radius 1 is 1.35 bits per heavy atom. The average Bonchev–Trinajstić information content (AvgIpc) is 2.90. The highest BCUT2D eigenvalue weighted by Gasteiger charge is 2.17. The molecule has 106 valence electrons. The molecule has 0 N–H and O–H groups in total. The fourth-order valence-corrected chi connectivity index (χ4v) is 2.71. The van der Waals surface area contributed by atoms with Gasteiger partial charge in [-0.3, -0.25) is 10.1 Å². The first kappa shape index (κ1) is 14.6. The monoisotopic (exact) mass is 294 g/mol. The van der Waals surface area contributed by atoms with Crippen LogP contribution in [0.4, 0.5) is 5.69 Å². The number of thiazole rings is 1. The lowest BCUT2D eigenvalue weighted by Crippen LogP contribution is -2.03. The van der Waals surface area contributed by atoms with Crippen molar-refractivity contribution in [1.29, 1.82) is 0 Å². The van der Waals surface area contributed by atoms with E-state index in [1.165, 1.54) is 37.7 Å². The molecule has 2 aromatic rings. The van der Waals surface area contributed by atoms with Crippen LogP contribution in [0.3, 0.4) is 0 Å². The Bertz CT molecular complexity index is 623. The molecule has 0 radical (unpaired) electrons. The van der Waals surface area contributed by atoms with Gasteiger partial charge in [-0.15, -0.1) is 11.3 Å². The minimum absolute atomic E-state index is 0.0531. The number of aromatic nitrogens is 1. The lowest BCUT2D eigenvalue weighted by molar-refractivity contribution is -0.384. The van der Waals surface area contributed by atoms with Gasteiger partial charge in [0.05, 0.1) is 4.92 Å². The summed E-state index contributed by atoms with van der Waals surface area (Å²) < 4.78 is 10.3. The van der Waals surface area contributed by atoms with Gasteiger partial charge in [0.2, 0.25) is 6.29 Å². The Balaban J connectivity index is 2.41. The third kappa shape index (κ3) is 2.84. The van der Waals surface area contributed by atoms with E-state index in [2.05, 4.69) is 4.98 Å². The van der Waals surface area contributed by atoms with Crippen LogP contribution in [0.15, 0.2) is 23.6 Å². The Labute approximate surface area is 120 Å². The maximum absolute atomic E-state index is 10.9. The second kappa shape index (κ2) is 6.08. The summed E-state index contributed by atoms with van der Waals surface area (Å²) in [4.78, 5) is 14.9. The van der Waals surface area contributed by atoms with Crippen molar-refractivity contribution in [2.24, 2.45) is 0 Å². The van der Waals surface area contributed by atoms with Gasteiger partial charge in [-0.1, -0.05) is 6.07 Å². The third-order valence-corrected chi connectivity index (χ3v) is 3.75. The first-order chi connectivity index (χ1) is 9.56. The number of nitro benzene ring substituents is 1. The highest BCUT2D eigenvalue weighted by molar-refractivity contribution is 7.13. The number of hydrogen-bond donors (Lipinski definition) is 0. The van der Waals surface area contributed by atoms with E-state index in [1.807, 2.05) is 12.3 Å². The lowest BCUT2D eigenvalue weighted by atomic mass is 10.1. The molecule has 0 atom stereocenters. The largest absolute Gasteiger partial charge is 0.350 e. The summed E-state index contributed by atoms with van der Waals surface area (Å²) in [6, 6.07) is 4.74. The Hall–Kier alpha value is -1.83. The molecule has 6 nitrogen and oxygen atoms in total. The van der Waals surface area contributed by atoms with Crippen LogP contribution in [0.25, 0.3) is 10.6 Å². The number of nitro groups is 1. The average molecular weight is 294 g/mol. The van der Waals surface area contributed by atoms with Gasteiger partial charge in [0.25, 0.3) is 5.69 Å². The van der Waals surface area contributed by atoms with Crippen molar-refractivity contribution in [2.75, 3.05) is 14.2 Å². The molecule has 0 fully saturated rings. The molecule has 0 unspecified atom stereocenters. The summed E-state index contributed by atoms with van der Waals surface area (Å²) in [5.74, 6) is 0. The minimum Gasteiger partial charge on any atom is -0.350 e. The highest BCUT2D eigenvalue weighted by atomic mass is 32.1. The van der Waals surface area contributed by atoms with E-state index < -0.39 is 11.2 Å². The van der Waals surface area contributed by atoms with Gasteiger partial charge in [0.1, 0.15) is 10.7 Å². The third-order valence-electron chi connectivity index (χ3n) is 2.85. The molecule has 1 aromatic heterocycles. The topological polar surface area (TPSA) is 74.5 Å². The molecule has 0 spiro atoms. The van der Waals surface area contributed by atoms with Crippen molar-refractivity contribution < 1.29 is 14.4 Å². The van der Waals surface area contributed by atoms with Crippen molar-refractivity contribution >= 4 is 17.0 Å². The van der Waals surface area contributed by atoms with E-state index in [1.54, 1.807) is 6.07 Å². The van der Waals surface area contributed by atoms with Crippen LogP contribution in [-0.2, 0) is 9.47 Å². The number of nitrogens with zero attached hydrogens (tertiary/aromatic N) is 2. The van der Waals surface area contributed by atoms with Gasteiger partial charge in [-0.2, -0.15) is 0 Å². The molecule has 0 amide bonds. The van der Waals surface area contributed by atoms with Crippen LogP contribution < -0.4 is 0 Å². The van der Waals surface area contributed by atoms with Crippen molar-refractivity contribution in [2.45, 2.75) is 13.2 Å². The predicted molar refractivity (Wildman–Crippen MR) is 75.7 cm³/mol. The zero-order chi connectivity index (χ0) is 14.7. The summed E-state index contributed by atoms with van der Waals surface area (Å²) in [6.45, 7) is 1.89. The first-order valence-corrected chi connectivity index (χ1v) is 6.71. The minimum atomic E-state index is -0.529.